The summed E-state index contributed by atoms with van der Waals surface area (Å²) in [5.41, 5.74) is 7.12. The van der Waals surface area contributed by atoms with Gasteiger partial charge in [0.05, 0.1) is 10.7 Å². The summed E-state index contributed by atoms with van der Waals surface area (Å²) in [6, 6.07) is 6.16. The van der Waals surface area contributed by atoms with Crippen molar-refractivity contribution in [3.05, 3.63) is 28.8 Å². The molecule has 0 atom stereocenters. The molecule has 0 radical (unpaired) electrons. The van der Waals surface area contributed by atoms with Gasteiger partial charge in [-0.2, -0.15) is 0 Å². The molecule has 0 unspecified atom stereocenters. The lowest BCUT2D eigenvalue weighted by molar-refractivity contribution is 0.401. The summed E-state index contributed by atoms with van der Waals surface area (Å²) in [5, 5.41) is 8.02. The Balaban J connectivity index is 2.24. The third-order valence-corrected chi connectivity index (χ3v) is 3.56. The van der Waals surface area contributed by atoms with Crippen LogP contribution in [0.25, 0.3) is 0 Å². The number of anilines is 1. The van der Waals surface area contributed by atoms with Crippen LogP contribution in [0.3, 0.4) is 0 Å². The van der Waals surface area contributed by atoms with Gasteiger partial charge in [-0.15, -0.1) is 0 Å². The Kier molecular flexibility index (Phi) is 3.06. The molecule has 4 heteroatoms. The molecule has 0 spiro atoms. The Morgan fingerprint density at radius 3 is 2.62 bits per heavy atom. The van der Waals surface area contributed by atoms with Crippen molar-refractivity contribution < 1.29 is 0 Å². The van der Waals surface area contributed by atoms with E-state index < -0.39 is 0 Å². The monoisotopic (exact) mass is 237 g/mol. The number of halogens is 1. The number of nitrogens with two attached hydrogens (primary N) is 1. The summed E-state index contributed by atoms with van der Waals surface area (Å²) in [6.07, 6.45) is 3.78. The van der Waals surface area contributed by atoms with Gasteiger partial charge in [0.1, 0.15) is 5.84 Å². The lowest BCUT2D eigenvalue weighted by Gasteiger charge is -2.36. The number of benzene rings is 1. The first-order valence-corrected chi connectivity index (χ1v) is 5.84. The standard InChI is InChI=1S/C12H16ClN3/c1-16(9-3-2-4-9)11-6-5-8(12(14)15)7-10(11)13/h5-7,9H,2-4H2,1H3,(H3,14,15). The average Bonchev–Trinajstić information content (AvgIpc) is 2.14. The van der Waals surface area contributed by atoms with E-state index in [1.54, 1.807) is 6.07 Å². The highest BCUT2D eigenvalue weighted by Gasteiger charge is 2.23. The van der Waals surface area contributed by atoms with E-state index >= 15 is 0 Å². The van der Waals surface area contributed by atoms with Gasteiger partial charge in [-0.05, 0) is 37.5 Å². The Bertz CT molecular complexity index is 413. The van der Waals surface area contributed by atoms with Gasteiger partial charge in [0.15, 0.2) is 0 Å². The van der Waals surface area contributed by atoms with Crippen LogP contribution in [0.4, 0.5) is 5.69 Å². The maximum absolute atomic E-state index is 7.35. The Morgan fingerprint density at radius 1 is 1.50 bits per heavy atom. The molecule has 3 nitrogen and oxygen atoms in total. The molecule has 0 bridgehead atoms. The lowest BCUT2D eigenvalue weighted by Crippen LogP contribution is -2.37. The van der Waals surface area contributed by atoms with Gasteiger partial charge in [0, 0.05) is 18.7 Å². The van der Waals surface area contributed by atoms with Gasteiger partial charge in [-0.3, -0.25) is 5.41 Å². The third-order valence-electron chi connectivity index (χ3n) is 3.26. The van der Waals surface area contributed by atoms with Crippen molar-refractivity contribution in [2.75, 3.05) is 11.9 Å². The summed E-state index contributed by atoms with van der Waals surface area (Å²) in [4.78, 5) is 2.22. The first-order chi connectivity index (χ1) is 7.59. The number of hydrogen-bond donors (Lipinski definition) is 2. The van der Waals surface area contributed by atoms with Gasteiger partial charge in [-0.1, -0.05) is 11.6 Å². The molecule has 0 amide bonds. The smallest absolute Gasteiger partial charge is 0.122 e. The second-order valence-electron chi connectivity index (χ2n) is 4.28. The van der Waals surface area contributed by atoms with E-state index in [2.05, 4.69) is 11.9 Å². The van der Waals surface area contributed by atoms with E-state index in [-0.39, 0.29) is 5.84 Å². The van der Waals surface area contributed by atoms with Crippen molar-refractivity contribution in [1.82, 2.24) is 0 Å². The van der Waals surface area contributed by atoms with Crippen LogP contribution in [0.15, 0.2) is 18.2 Å². The molecule has 1 aliphatic rings. The minimum absolute atomic E-state index is 0.0553. The number of rotatable bonds is 3. The van der Waals surface area contributed by atoms with Crippen molar-refractivity contribution in [1.29, 1.82) is 5.41 Å². The maximum Gasteiger partial charge on any atom is 0.122 e. The minimum atomic E-state index is 0.0553. The molecule has 3 N–H and O–H groups in total. The highest BCUT2D eigenvalue weighted by Crippen LogP contribution is 2.33. The molecule has 0 saturated heterocycles. The van der Waals surface area contributed by atoms with Gasteiger partial charge >= 0.3 is 0 Å². The molecule has 16 heavy (non-hydrogen) atoms. The number of amidine groups is 1. The van der Waals surface area contributed by atoms with Crippen LogP contribution < -0.4 is 10.6 Å². The third kappa shape index (κ3) is 2.00. The highest BCUT2D eigenvalue weighted by molar-refractivity contribution is 6.33. The molecule has 0 aromatic heterocycles. The summed E-state index contributed by atoms with van der Waals surface area (Å²) in [7, 11) is 2.07. The van der Waals surface area contributed by atoms with Gasteiger partial charge in [0.2, 0.25) is 0 Å². The fourth-order valence-electron chi connectivity index (χ4n) is 1.93. The Labute approximate surface area is 101 Å². The van der Waals surface area contributed by atoms with Crippen LogP contribution in [0.5, 0.6) is 0 Å². The van der Waals surface area contributed by atoms with Crippen LogP contribution in [0, 0.1) is 5.41 Å². The highest BCUT2D eigenvalue weighted by atomic mass is 35.5. The number of nitrogen functional groups attached to an aromatic ring is 1. The molecule has 2 rings (SSSR count). The normalized spacial score (nSPS) is 15.6. The van der Waals surface area contributed by atoms with Gasteiger partial charge < -0.3 is 10.6 Å². The number of nitrogens with one attached hydrogen (secondary N) is 1. The molecule has 1 aromatic carbocycles. The second-order valence-corrected chi connectivity index (χ2v) is 4.68. The fourth-order valence-corrected chi connectivity index (χ4v) is 2.25. The maximum atomic E-state index is 7.35. The molecular weight excluding hydrogens is 222 g/mol. The van der Waals surface area contributed by atoms with Crippen molar-refractivity contribution in [2.45, 2.75) is 25.3 Å². The van der Waals surface area contributed by atoms with E-state index in [0.717, 1.165) is 5.69 Å². The van der Waals surface area contributed by atoms with Crippen molar-refractivity contribution in [3.8, 4) is 0 Å². The zero-order chi connectivity index (χ0) is 11.7. The molecule has 0 heterocycles. The predicted octanol–water partition coefficient (Wildman–Crippen LogP) is 2.61. The Hall–Kier alpha value is -1.22. The number of nitrogens with zero attached hydrogens (tertiary/aromatic N) is 1. The summed E-state index contributed by atoms with van der Waals surface area (Å²) >= 11 is 6.20. The van der Waals surface area contributed by atoms with E-state index in [9.17, 15) is 0 Å². The molecule has 86 valence electrons. The number of hydrogen-bond acceptors (Lipinski definition) is 2. The van der Waals surface area contributed by atoms with Gasteiger partial charge in [-0.25, -0.2) is 0 Å². The van der Waals surface area contributed by atoms with Crippen LogP contribution in [0.1, 0.15) is 24.8 Å². The van der Waals surface area contributed by atoms with E-state index in [1.165, 1.54) is 19.3 Å². The zero-order valence-electron chi connectivity index (χ0n) is 9.33. The Morgan fingerprint density at radius 2 is 2.19 bits per heavy atom. The average molecular weight is 238 g/mol. The largest absolute Gasteiger partial charge is 0.384 e. The SMILES string of the molecule is CN(c1ccc(C(=N)N)cc1Cl)C1CCC1. The summed E-state index contributed by atoms with van der Waals surface area (Å²) in [6.45, 7) is 0. The molecule has 1 saturated carbocycles. The van der Waals surface area contributed by atoms with Crippen molar-refractivity contribution in [3.63, 3.8) is 0 Å². The van der Waals surface area contributed by atoms with E-state index in [0.29, 0.717) is 16.6 Å². The molecule has 1 aromatic rings. The van der Waals surface area contributed by atoms with E-state index in [4.69, 9.17) is 22.7 Å². The van der Waals surface area contributed by atoms with E-state index in [1.807, 2.05) is 12.1 Å². The first-order valence-electron chi connectivity index (χ1n) is 5.46. The van der Waals surface area contributed by atoms with Crippen LogP contribution in [-0.4, -0.2) is 18.9 Å². The molecule has 0 aliphatic heterocycles. The predicted molar refractivity (Wildman–Crippen MR) is 68.5 cm³/mol. The zero-order valence-corrected chi connectivity index (χ0v) is 10.1. The molecule has 1 aliphatic carbocycles. The van der Waals surface area contributed by atoms with Gasteiger partial charge in [0.25, 0.3) is 0 Å². The quantitative estimate of drug-likeness (QED) is 0.627. The van der Waals surface area contributed by atoms with Crippen LogP contribution >= 0.6 is 11.6 Å². The second kappa shape index (κ2) is 4.34. The van der Waals surface area contributed by atoms with Crippen LogP contribution in [0.2, 0.25) is 5.02 Å². The van der Waals surface area contributed by atoms with Crippen molar-refractivity contribution in [2.24, 2.45) is 5.73 Å². The first kappa shape index (κ1) is 11.3. The fraction of sp³-hybridized carbons (Fsp3) is 0.417. The lowest BCUT2D eigenvalue weighted by atomic mass is 9.91. The minimum Gasteiger partial charge on any atom is -0.384 e. The molecular formula is C12H16ClN3. The molecule has 1 fully saturated rings. The van der Waals surface area contributed by atoms with Crippen LogP contribution in [-0.2, 0) is 0 Å². The topological polar surface area (TPSA) is 53.1 Å². The summed E-state index contributed by atoms with van der Waals surface area (Å²) in [5.74, 6) is 0.0553. The van der Waals surface area contributed by atoms with Crippen molar-refractivity contribution >= 4 is 23.1 Å². The summed E-state index contributed by atoms with van der Waals surface area (Å²) < 4.78 is 0.